The Morgan fingerprint density at radius 3 is 1.55 bits per heavy atom. The first-order valence-corrected chi connectivity index (χ1v) is 28.8. The number of carbonyl (C=O) groups is 2. The molecule has 0 aliphatic carbocycles. The van der Waals surface area contributed by atoms with Gasteiger partial charge in [-0.1, -0.05) is 232 Å². The topological polar surface area (TPSA) is 175 Å². The molecule has 11 heteroatoms. The molecule has 0 spiro atoms. The Morgan fingerprint density at radius 2 is 1.03 bits per heavy atom. The van der Waals surface area contributed by atoms with Crippen molar-refractivity contribution >= 4 is 11.9 Å². The highest BCUT2D eigenvalue weighted by Crippen LogP contribution is 2.26. The first-order valence-electron chi connectivity index (χ1n) is 28.8. The molecular formula is C63H103NO10. The van der Waals surface area contributed by atoms with Crippen LogP contribution in [0.3, 0.4) is 0 Å². The van der Waals surface area contributed by atoms with Crippen molar-refractivity contribution < 1.29 is 49.3 Å². The summed E-state index contributed by atoms with van der Waals surface area (Å²) >= 11 is 0. The predicted molar refractivity (Wildman–Crippen MR) is 305 cm³/mol. The minimum atomic E-state index is -1.64. The molecule has 0 radical (unpaired) electrons. The van der Waals surface area contributed by atoms with Crippen LogP contribution in [0, 0.1) is 0 Å². The number of hydrogen-bond acceptors (Lipinski definition) is 10. The van der Waals surface area contributed by atoms with Crippen LogP contribution in [0.1, 0.15) is 201 Å². The van der Waals surface area contributed by atoms with E-state index in [1.54, 1.807) is 12.2 Å². The summed E-state index contributed by atoms with van der Waals surface area (Å²) in [5.41, 5.74) is 0. The number of esters is 1. The Hall–Kier alpha value is -3.94. The molecule has 0 bridgehead atoms. The van der Waals surface area contributed by atoms with Crippen LogP contribution in [-0.4, -0.2) is 99.6 Å². The number of rotatable bonds is 46. The molecule has 0 aromatic rings. The maximum Gasteiger partial charge on any atom is 0.306 e. The molecule has 1 heterocycles. The average molecular weight is 1030 g/mol. The summed E-state index contributed by atoms with van der Waals surface area (Å²) in [5.74, 6) is -1.31. The summed E-state index contributed by atoms with van der Waals surface area (Å²) in [5, 5.41) is 56.7. The first-order chi connectivity index (χ1) is 36.2. The second-order valence-corrected chi connectivity index (χ2v) is 19.3. The van der Waals surface area contributed by atoms with E-state index in [1.165, 1.54) is 44.9 Å². The van der Waals surface area contributed by atoms with Gasteiger partial charge in [0.15, 0.2) is 12.4 Å². The lowest BCUT2D eigenvalue weighted by Gasteiger charge is -2.41. The van der Waals surface area contributed by atoms with E-state index in [4.69, 9.17) is 14.2 Å². The van der Waals surface area contributed by atoms with Gasteiger partial charge in [-0.25, -0.2) is 0 Å². The summed E-state index contributed by atoms with van der Waals surface area (Å²) in [7, 11) is 0. The van der Waals surface area contributed by atoms with Crippen molar-refractivity contribution in [2.75, 3.05) is 13.2 Å². The number of ether oxygens (including phenoxy) is 3. The van der Waals surface area contributed by atoms with Crippen LogP contribution < -0.4 is 5.32 Å². The lowest BCUT2D eigenvalue weighted by Crippen LogP contribution is -2.61. The lowest BCUT2D eigenvalue weighted by atomic mass is 9.99. The summed E-state index contributed by atoms with van der Waals surface area (Å²) < 4.78 is 17.5. The zero-order valence-corrected chi connectivity index (χ0v) is 46.2. The van der Waals surface area contributed by atoms with Crippen molar-refractivity contribution in [3.05, 3.63) is 122 Å². The molecule has 0 saturated carbocycles. The molecule has 0 aromatic heterocycles. The van der Waals surface area contributed by atoms with Crippen molar-refractivity contribution in [3.8, 4) is 0 Å². The summed E-state index contributed by atoms with van der Waals surface area (Å²) in [4.78, 5) is 26.4. The number of nitrogens with one attached hydrogen (secondary N) is 1. The molecule has 1 saturated heterocycles. The Morgan fingerprint density at radius 1 is 0.554 bits per heavy atom. The number of aliphatic hydroxyl groups is 5. The van der Waals surface area contributed by atoms with Crippen LogP contribution in [0.25, 0.3) is 0 Å². The van der Waals surface area contributed by atoms with E-state index in [1.807, 2.05) is 30.4 Å². The summed E-state index contributed by atoms with van der Waals surface area (Å²) in [6.45, 7) is 5.46. The Balaban J connectivity index is 2.80. The fourth-order valence-electron chi connectivity index (χ4n) is 8.14. The van der Waals surface area contributed by atoms with Crippen LogP contribution in [-0.2, 0) is 23.8 Å². The van der Waals surface area contributed by atoms with Gasteiger partial charge in [0.25, 0.3) is 0 Å². The highest BCUT2D eigenvalue weighted by Gasteiger charge is 2.47. The van der Waals surface area contributed by atoms with Gasteiger partial charge in [0.2, 0.25) is 5.91 Å². The molecular weight excluding hydrogens is 931 g/mol. The largest absolute Gasteiger partial charge is 0.454 e. The van der Waals surface area contributed by atoms with Crippen LogP contribution in [0.2, 0.25) is 0 Å². The van der Waals surface area contributed by atoms with Crippen molar-refractivity contribution in [1.29, 1.82) is 0 Å². The quantitative estimate of drug-likeness (QED) is 0.0149. The van der Waals surface area contributed by atoms with Gasteiger partial charge in [-0.2, -0.15) is 0 Å². The maximum atomic E-state index is 13.4. The molecule has 420 valence electrons. The van der Waals surface area contributed by atoms with Crippen LogP contribution >= 0.6 is 0 Å². The monoisotopic (exact) mass is 1030 g/mol. The average Bonchev–Trinajstić information content (AvgIpc) is 3.40. The van der Waals surface area contributed by atoms with Crippen LogP contribution in [0.5, 0.6) is 0 Å². The highest BCUT2D eigenvalue weighted by atomic mass is 16.7. The van der Waals surface area contributed by atoms with Gasteiger partial charge >= 0.3 is 5.97 Å². The van der Waals surface area contributed by atoms with Gasteiger partial charge in [-0.05, 0) is 77.0 Å². The van der Waals surface area contributed by atoms with Gasteiger partial charge in [0.05, 0.1) is 25.4 Å². The molecule has 11 nitrogen and oxygen atoms in total. The van der Waals surface area contributed by atoms with E-state index in [0.717, 1.165) is 109 Å². The Labute approximate surface area is 449 Å². The molecule has 1 aliphatic rings. The molecule has 1 aliphatic heterocycles. The van der Waals surface area contributed by atoms with Gasteiger partial charge in [-0.15, -0.1) is 0 Å². The minimum Gasteiger partial charge on any atom is -0.454 e. The Kier molecular flexibility index (Phi) is 45.9. The number of aliphatic hydroxyl groups excluding tert-OH is 5. The van der Waals surface area contributed by atoms with E-state index in [2.05, 4.69) is 105 Å². The van der Waals surface area contributed by atoms with Crippen molar-refractivity contribution in [3.63, 3.8) is 0 Å². The van der Waals surface area contributed by atoms with Crippen molar-refractivity contribution in [2.24, 2.45) is 0 Å². The van der Waals surface area contributed by atoms with Crippen molar-refractivity contribution in [2.45, 2.75) is 250 Å². The number of amides is 1. The summed E-state index contributed by atoms with van der Waals surface area (Å²) in [6, 6.07) is -1.07. The second-order valence-electron chi connectivity index (χ2n) is 19.3. The van der Waals surface area contributed by atoms with E-state index < -0.39 is 67.4 Å². The van der Waals surface area contributed by atoms with Crippen LogP contribution in [0.4, 0.5) is 0 Å². The second kappa shape index (κ2) is 49.9. The molecule has 6 N–H and O–H groups in total. The smallest absolute Gasteiger partial charge is 0.306 e. The van der Waals surface area contributed by atoms with Gasteiger partial charge in [0, 0.05) is 12.8 Å². The highest BCUT2D eigenvalue weighted by molar-refractivity contribution is 5.81. The predicted octanol–water partition coefficient (Wildman–Crippen LogP) is 13.1. The number of hydrogen-bond donors (Lipinski definition) is 6. The van der Waals surface area contributed by atoms with Gasteiger partial charge in [-0.3, -0.25) is 9.59 Å². The third-order valence-corrected chi connectivity index (χ3v) is 12.7. The van der Waals surface area contributed by atoms with Gasteiger partial charge < -0.3 is 45.1 Å². The molecule has 1 amide bonds. The number of carbonyl (C=O) groups excluding carboxylic acids is 2. The zero-order chi connectivity index (χ0) is 54.0. The maximum absolute atomic E-state index is 13.4. The SMILES string of the molecule is CC/C=C\C/C=C\C/C=C\C/C=C\C/C=C\C/C=C\CC(O)C(=O)NC(COC1OC(CO)C(O)C(O)C1OC(=O)CCCCCCCCC/C=C/C=C/C=C/CC)C(O)/C=C/CCCCCCCCCCCC. The number of unbranched alkanes of at least 4 members (excludes halogenated alkanes) is 17. The molecule has 1 fully saturated rings. The molecule has 74 heavy (non-hydrogen) atoms. The fraction of sp³-hybridized carbons (Fsp3) is 0.651. The first kappa shape index (κ1) is 68.1. The zero-order valence-electron chi connectivity index (χ0n) is 46.2. The molecule has 1 rings (SSSR count). The van der Waals surface area contributed by atoms with Crippen molar-refractivity contribution in [1.82, 2.24) is 5.32 Å². The van der Waals surface area contributed by atoms with E-state index in [9.17, 15) is 35.1 Å². The lowest BCUT2D eigenvalue weighted by molar-refractivity contribution is -0.305. The molecule has 8 unspecified atom stereocenters. The summed E-state index contributed by atoms with van der Waals surface area (Å²) in [6.07, 6.45) is 58.3. The van der Waals surface area contributed by atoms with E-state index >= 15 is 0 Å². The third-order valence-electron chi connectivity index (χ3n) is 12.7. The van der Waals surface area contributed by atoms with E-state index in [0.29, 0.717) is 12.8 Å². The van der Waals surface area contributed by atoms with Gasteiger partial charge in [0.1, 0.15) is 24.4 Å². The van der Waals surface area contributed by atoms with Crippen LogP contribution in [0.15, 0.2) is 122 Å². The third kappa shape index (κ3) is 37.7. The fourth-order valence-corrected chi connectivity index (χ4v) is 8.14. The minimum absolute atomic E-state index is 0.0502. The normalized spacial score (nSPS) is 20.2. The number of allylic oxidation sites excluding steroid dienone is 18. The molecule has 0 aromatic carbocycles. The Bertz CT molecular complexity index is 1660. The molecule has 8 atom stereocenters. The standard InChI is InChI=1S/C63H103NO10/c1-4-7-10-13-16-19-22-25-27-28-29-31-32-35-38-41-44-47-50-56(67)62(71)64-54(55(66)49-46-43-40-37-34-24-21-18-15-12-9-6-3)53-72-63-61(60(70)59(69)57(52-65)73-63)74-58(68)51-48-45-42-39-36-33-30-26-23-20-17-14-11-8-5-2/h7-8,10-11,14,16-17,19-20,23,25,27,29,31,35,38,44,46-47,49,54-57,59-61,63,65-67,69-70H,4-6,9,12-13,15,18,21-22,24,26,28,30,32-34,36-37,39-43,45,48,50-53H2,1-3H3,(H,64,71)/b10-7-,11-8+,17-14+,19-16-,23-20+,27-25-,31-29-,38-35-,47-44-,49-46+. The van der Waals surface area contributed by atoms with E-state index in [-0.39, 0.29) is 19.4 Å².